The number of para-hydroxylation sites is 1. The van der Waals surface area contributed by atoms with Crippen molar-refractivity contribution in [3.05, 3.63) is 53.7 Å². The number of ether oxygens (including phenoxy) is 2. The first kappa shape index (κ1) is 20.8. The molecule has 1 saturated heterocycles. The monoisotopic (exact) mass is 421 g/mol. The molecule has 0 bridgehead atoms. The zero-order valence-corrected chi connectivity index (χ0v) is 18.1. The van der Waals surface area contributed by atoms with Crippen LogP contribution in [0.3, 0.4) is 0 Å². The van der Waals surface area contributed by atoms with Gasteiger partial charge in [-0.05, 0) is 37.5 Å². The molecule has 0 atom stereocenters. The first-order chi connectivity index (χ1) is 15.0. The van der Waals surface area contributed by atoms with Gasteiger partial charge in [-0.1, -0.05) is 18.2 Å². The van der Waals surface area contributed by atoms with E-state index in [4.69, 9.17) is 9.47 Å². The number of nitrogens with zero attached hydrogens (tertiary/aromatic N) is 2. The van der Waals surface area contributed by atoms with E-state index in [1.165, 1.54) is 14.2 Å². The highest BCUT2D eigenvalue weighted by atomic mass is 16.5. The van der Waals surface area contributed by atoms with Gasteiger partial charge in [0.05, 0.1) is 25.5 Å². The van der Waals surface area contributed by atoms with Gasteiger partial charge in [0, 0.05) is 37.1 Å². The number of methoxy groups -OCH3 is 2. The Morgan fingerprint density at radius 1 is 0.935 bits per heavy atom. The molecule has 4 rings (SSSR count). The maximum absolute atomic E-state index is 13.3. The van der Waals surface area contributed by atoms with Crippen LogP contribution < -0.4 is 14.8 Å². The fourth-order valence-corrected chi connectivity index (χ4v) is 4.12. The molecule has 0 radical (unpaired) electrons. The molecule has 31 heavy (non-hydrogen) atoms. The van der Waals surface area contributed by atoms with Crippen LogP contribution in [0.4, 0.5) is 5.69 Å². The lowest BCUT2D eigenvalue weighted by molar-refractivity contribution is 0.0725. The van der Waals surface area contributed by atoms with Crippen molar-refractivity contribution in [3.63, 3.8) is 0 Å². The second-order valence-electron chi connectivity index (χ2n) is 7.71. The predicted octanol–water partition coefficient (Wildman–Crippen LogP) is 4.07. The van der Waals surface area contributed by atoms with E-state index in [1.807, 2.05) is 46.8 Å². The first-order valence-corrected chi connectivity index (χ1v) is 10.4. The van der Waals surface area contributed by atoms with E-state index in [0.717, 1.165) is 30.2 Å². The van der Waals surface area contributed by atoms with Crippen LogP contribution in [-0.4, -0.2) is 48.6 Å². The van der Waals surface area contributed by atoms with Gasteiger partial charge in [0.2, 0.25) is 0 Å². The molecule has 0 saturated carbocycles. The van der Waals surface area contributed by atoms with Gasteiger partial charge in [-0.15, -0.1) is 0 Å². The predicted molar refractivity (Wildman–Crippen MR) is 120 cm³/mol. The van der Waals surface area contributed by atoms with Crippen molar-refractivity contribution in [2.45, 2.75) is 19.3 Å². The fraction of sp³-hybridized carbons (Fsp3) is 0.333. The van der Waals surface area contributed by atoms with E-state index < -0.39 is 0 Å². The third-order valence-electron chi connectivity index (χ3n) is 5.83. The molecule has 1 N–H and O–H groups in total. The Hall–Kier alpha value is -3.48. The highest BCUT2D eigenvalue weighted by Gasteiger charge is 2.25. The minimum Gasteiger partial charge on any atom is -0.493 e. The van der Waals surface area contributed by atoms with Gasteiger partial charge >= 0.3 is 0 Å². The normalized spacial score (nSPS) is 13.8. The standard InChI is InChI=1S/C24H27N3O4/c1-26-19-10-6-5-9-16(19)13-20(26)23(28)25-18-15-22(31-3)21(30-2)14-17(18)24(29)27-11-7-4-8-12-27/h5-6,9-10,13-15H,4,7-8,11-12H2,1-3H3,(H,25,28). The molecule has 0 unspecified atom stereocenters. The van der Waals surface area contributed by atoms with Crippen LogP contribution in [0.2, 0.25) is 0 Å². The fourth-order valence-electron chi connectivity index (χ4n) is 4.12. The molecule has 7 heteroatoms. The molecule has 162 valence electrons. The zero-order chi connectivity index (χ0) is 22.0. The Balaban J connectivity index is 1.72. The number of hydrogen-bond donors (Lipinski definition) is 1. The summed E-state index contributed by atoms with van der Waals surface area (Å²) in [5.74, 6) is 0.488. The van der Waals surface area contributed by atoms with Crippen molar-refractivity contribution in [2.75, 3.05) is 32.6 Å². The molecular formula is C24H27N3O4. The second-order valence-corrected chi connectivity index (χ2v) is 7.71. The number of likely N-dealkylation sites (tertiary alicyclic amines) is 1. The highest BCUT2D eigenvalue weighted by Crippen LogP contribution is 2.35. The molecule has 3 aromatic rings. The summed E-state index contributed by atoms with van der Waals surface area (Å²) in [4.78, 5) is 28.3. The van der Waals surface area contributed by atoms with E-state index in [0.29, 0.717) is 41.5 Å². The lowest BCUT2D eigenvalue weighted by Crippen LogP contribution is -2.36. The largest absolute Gasteiger partial charge is 0.493 e. The summed E-state index contributed by atoms with van der Waals surface area (Å²) in [5.41, 5.74) is 2.27. The number of fused-ring (bicyclic) bond motifs is 1. The van der Waals surface area contributed by atoms with Crippen molar-refractivity contribution >= 4 is 28.4 Å². The van der Waals surface area contributed by atoms with Gasteiger partial charge in [-0.3, -0.25) is 9.59 Å². The third-order valence-corrected chi connectivity index (χ3v) is 5.83. The summed E-state index contributed by atoms with van der Waals surface area (Å²) >= 11 is 0. The molecule has 1 aromatic heterocycles. The van der Waals surface area contributed by atoms with Gasteiger partial charge in [0.15, 0.2) is 11.5 Å². The summed E-state index contributed by atoms with van der Waals surface area (Å²) in [6.07, 6.45) is 3.09. The van der Waals surface area contributed by atoms with Crippen LogP contribution in [0.25, 0.3) is 10.9 Å². The van der Waals surface area contributed by atoms with Crippen molar-refractivity contribution < 1.29 is 19.1 Å². The van der Waals surface area contributed by atoms with E-state index >= 15 is 0 Å². The molecule has 2 amide bonds. The number of hydrogen-bond acceptors (Lipinski definition) is 4. The summed E-state index contributed by atoms with van der Waals surface area (Å²) in [7, 11) is 4.91. The van der Waals surface area contributed by atoms with Gasteiger partial charge in [0.25, 0.3) is 11.8 Å². The Bertz CT molecular complexity index is 1130. The van der Waals surface area contributed by atoms with Crippen molar-refractivity contribution in [1.82, 2.24) is 9.47 Å². The number of piperidine rings is 1. The molecule has 0 aliphatic carbocycles. The van der Waals surface area contributed by atoms with E-state index in [9.17, 15) is 9.59 Å². The molecule has 1 aliphatic heterocycles. The van der Waals surface area contributed by atoms with E-state index in [2.05, 4.69) is 5.32 Å². The zero-order valence-electron chi connectivity index (χ0n) is 18.1. The van der Waals surface area contributed by atoms with Crippen molar-refractivity contribution in [1.29, 1.82) is 0 Å². The van der Waals surface area contributed by atoms with Crippen LogP contribution >= 0.6 is 0 Å². The average Bonchev–Trinajstić information content (AvgIpc) is 3.15. The van der Waals surface area contributed by atoms with Crippen LogP contribution in [0, 0.1) is 0 Å². The van der Waals surface area contributed by atoms with Gasteiger partial charge in [-0.2, -0.15) is 0 Å². The third kappa shape index (κ3) is 3.95. The number of amides is 2. The summed E-state index contributed by atoms with van der Waals surface area (Å²) in [6.45, 7) is 1.42. The molecule has 2 aromatic carbocycles. The number of benzene rings is 2. The quantitative estimate of drug-likeness (QED) is 0.674. The van der Waals surface area contributed by atoms with E-state index in [-0.39, 0.29) is 11.8 Å². The van der Waals surface area contributed by atoms with E-state index in [1.54, 1.807) is 12.1 Å². The molecule has 1 aliphatic rings. The molecule has 1 fully saturated rings. The number of anilines is 1. The number of carbonyl (C=O) groups is 2. The molecular weight excluding hydrogens is 394 g/mol. The smallest absolute Gasteiger partial charge is 0.272 e. The number of carbonyl (C=O) groups excluding carboxylic acids is 2. The Labute approximate surface area is 181 Å². The Morgan fingerprint density at radius 3 is 2.29 bits per heavy atom. The minimum atomic E-state index is -0.293. The van der Waals surface area contributed by atoms with Crippen LogP contribution in [0.1, 0.15) is 40.1 Å². The molecule has 0 spiro atoms. The average molecular weight is 421 g/mol. The lowest BCUT2D eigenvalue weighted by atomic mass is 10.1. The number of aromatic nitrogens is 1. The number of rotatable bonds is 5. The molecule has 2 heterocycles. The Morgan fingerprint density at radius 2 is 1.61 bits per heavy atom. The van der Waals surface area contributed by atoms with Crippen molar-refractivity contribution in [3.8, 4) is 11.5 Å². The van der Waals surface area contributed by atoms with Gasteiger partial charge in [0.1, 0.15) is 5.69 Å². The molecule has 7 nitrogen and oxygen atoms in total. The van der Waals surface area contributed by atoms with Crippen LogP contribution in [-0.2, 0) is 7.05 Å². The SMILES string of the molecule is COc1cc(NC(=O)c2cc3ccccc3n2C)c(C(=O)N2CCCCC2)cc1OC. The summed E-state index contributed by atoms with van der Waals surface area (Å²) in [5, 5.41) is 3.91. The first-order valence-electron chi connectivity index (χ1n) is 10.4. The Kier molecular flexibility index (Phi) is 5.84. The summed E-state index contributed by atoms with van der Waals surface area (Å²) in [6, 6.07) is 12.9. The maximum Gasteiger partial charge on any atom is 0.272 e. The van der Waals surface area contributed by atoms with Gasteiger partial charge in [-0.25, -0.2) is 0 Å². The van der Waals surface area contributed by atoms with Crippen molar-refractivity contribution in [2.24, 2.45) is 7.05 Å². The second kappa shape index (κ2) is 8.71. The van der Waals surface area contributed by atoms with Gasteiger partial charge < -0.3 is 24.3 Å². The maximum atomic E-state index is 13.3. The highest BCUT2D eigenvalue weighted by molar-refractivity contribution is 6.10. The minimum absolute atomic E-state index is 0.118. The summed E-state index contributed by atoms with van der Waals surface area (Å²) < 4.78 is 12.7. The number of aryl methyl sites for hydroxylation is 1. The topological polar surface area (TPSA) is 72.8 Å². The lowest BCUT2D eigenvalue weighted by Gasteiger charge is -2.28. The van der Waals surface area contributed by atoms with Crippen LogP contribution in [0.15, 0.2) is 42.5 Å². The number of nitrogens with one attached hydrogen (secondary N) is 1. The van der Waals surface area contributed by atoms with Crippen LogP contribution in [0.5, 0.6) is 11.5 Å².